The molecule has 0 saturated heterocycles. The average Bonchev–Trinajstić information content (AvgIpc) is 3.53. The highest BCUT2D eigenvalue weighted by Crippen LogP contribution is 2.38. The van der Waals surface area contributed by atoms with Gasteiger partial charge in [0.05, 0.1) is 23.9 Å². The van der Waals surface area contributed by atoms with Gasteiger partial charge in [-0.15, -0.1) is 0 Å². The molecule has 0 spiro atoms. The number of pyridine rings is 1. The number of carbonyl (C=O) groups excluding carboxylic acids is 1. The van der Waals surface area contributed by atoms with E-state index in [0.29, 0.717) is 33.1 Å². The molecule has 3 heterocycles. The van der Waals surface area contributed by atoms with Crippen LogP contribution in [-0.4, -0.2) is 27.0 Å². The van der Waals surface area contributed by atoms with Crippen molar-refractivity contribution in [2.75, 3.05) is 0 Å². The van der Waals surface area contributed by atoms with E-state index in [1.54, 1.807) is 36.4 Å². The minimum atomic E-state index is -1.07. The largest absolute Gasteiger partial charge is 0.481 e. The molecule has 0 fully saturated rings. The van der Waals surface area contributed by atoms with Crippen molar-refractivity contribution in [3.05, 3.63) is 99.7 Å². The van der Waals surface area contributed by atoms with Gasteiger partial charge < -0.3 is 14.5 Å². The molecule has 2 aromatic carbocycles. The van der Waals surface area contributed by atoms with E-state index in [-0.39, 0.29) is 18.4 Å². The molecule has 176 valence electrons. The first-order chi connectivity index (χ1) is 16.9. The first-order valence-electron chi connectivity index (χ1n) is 10.9. The highest BCUT2D eigenvalue weighted by molar-refractivity contribution is 6.31. The smallest absolute Gasteiger partial charge is 0.303 e. The van der Waals surface area contributed by atoms with E-state index in [4.69, 9.17) is 21.1 Å². The Morgan fingerprint density at radius 2 is 1.83 bits per heavy atom. The van der Waals surface area contributed by atoms with Gasteiger partial charge in [0.1, 0.15) is 11.8 Å². The van der Waals surface area contributed by atoms with Gasteiger partial charge in [-0.1, -0.05) is 41.9 Å². The molecule has 3 N–H and O–H groups in total. The van der Waals surface area contributed by atoms with Crippen molar-refractivity contribution in [1.29, 1.82) is 0 Å². The molecular formula is C26H20ClN3O5. The van der Waals surface area contributed by atoms with Crippen molar-refractivity contribution >= 4 is 40.1 Å². The number of fused-ring (bicyclic) bond motifs is 1. The summed E-state index contributed by atoms with van der Waals surface area (Å²) < 4.78 is 5.54. The van der Waals surface area contributed by atoms with Crippen molar-refractivity contribution < 1.29 is 19.1 Å². The highest BCUT2D eigenvalue weighted by Gasteiger charge is 2.34. The third kappa shape index (κ3) is 4.31. The molecule has 5 rings (SSSR count). The minimum absolute atomic E-state index is 0.212. The van der Waals surface area contributed by atoms with Gasteiger partial charge in [-0.05, 0) is 42.0 Å². The Morgan fingerprint density at radius 3 is 2.54 bits per heavy atom. The summed E-state index contributed by atoms with van der Waals surface area (Å²) in [5.41, 5.74) is 5.50. The van der Waals surface area contributed by atoms with Gasteiger partial charge in [0.15, 0.2) is 0 Å². The first-order valence-corrected chi connectivity index (χ1v) is 11.3. The van der Waals surface area contributed by atoms with Crippen molar-refractivity contribution in [1.82, 2.24) is 15.4 Å². The fourth-order valence-electron chi connectivity index (χ4n) is 4.26. The summed E-state index contributed by atoms with van der Waals surface area (Å²) in [6.07, 6.45) is 2.68. The van der Waals surface area contributed by atoms with E-state index in [0.717, 1.165) is 10.9 Å². The summed E-state index contributed by atoms with van der Waals surface area (Å²) in [4.78, 5) is 40.3. The number of carboxylic acids is 1. The fraction of sp³-hybridized carbons (Fsp3) is 0.115. The van der Waals surface area contributed by atoms with Crippen molar-refractivity contribution in [3.63, 3.8) is 0 Å². The summed E-state index contributed by atoms with van der Waals surface area (Å²) in [5, 5.41) is 11.6. The normalized spacial score (nSPS) is 15.2. The Bertz CT molecular complexity index is 1510. The van der Waals surface area contributed by atoms with Gasteiger partial charge >= 0.3 is 5.97 Å². The zero-order valence-electron chi connectivity index (χ0n) is 18.3. The van der Waals surface area contributed by atoms with Crippen LogP contribution in [0.1, 0.15) is 30.2 Å². The Kier molecular flexibility index (Phi) is 5.88. The van der Waals surface area contributed by atoms with E-state index in [9.17, 15) is 14.4 Å². The quantitative estimate of drug-likeness (QED) is 0.360. The summed E-state index contributed by atoms with van der Waals surface area (Å²) in [6, 6.07) is 17.4. The molecule has 1 aliphatic heterocycles. The number of aromatic nitrogens is 1. The molecule has 0 saturated carbocycles. The average molecular weight is 490 g/mol. The van der Waals surface area contributed by atoms with Crippen LogP contribution in [0.5, 0.6) is 0 Å². The van der Waals surface area contributed by atoms with Crippen LogP contribution >= 0.6 is 11.6 Å². The number of nitrogens with one attached hydrogen (secondary N) is 2. The van der Waals surface area contributed by atoms with E-state index in [1.165, 1.54) is 11.3 Å². The zero-order valence-corrected chi connectivity index (χ0v) is 19.1. The number of aliphatic carboxylic acids is 1. The lowest BCUT2D eigenvalue weighted by Crippen LogP contribution is -2.40. The molecule has 0 bridgehead atoms. The summed E-state index contributed by atoms with van der Waals surface area (Å²) in [5.74, 6) is -1.05. The maximum Gasteiger partial charge on any atom is 0.303 e. The second-order valence-electron chi connectivity index (χ2n) is 8.07. The van der Waals surface area contributed by atoms with Crippen LogP contribution in [0.15, 0.2) is 82.2 Å². The van der Waals surface area contributed by atoms with Crippen LogP contribution in [0.4, 0.5) is 0 Å². The Balaban J connectivity index is 1.69. The van der Waals surface area contributed by atoms with Gasteiger partial charge in [0.2, 0.25) is 5.91 Å². The lowest BCUT2D eigenvalue weighted by Gasteiger charge is -2.24. The van der Waals surface area contributed by atoms with Gasteiger partial charge in [-0.25, -0.2) is 5.01 Å². The molecule has 1 amide bonds. The summed E-state index contributed by atoms with van der Waals surface area (Å²) in [6.45, 7) is 0. The standard InChI is InChI=1S/C26H20ClN3O5/c27-16-8-9-18-17(13-16)24(15-5-2-1-3-6-15)25(26(34)28-18)19-14-20(21-7-4-12-35-21)30(29-19)22(31)10-11-23(32)33/h1-9,12-14,20,29H,10-11H2,(H,28,34)(H,32,33). The van der Waals surface area contributed by atoms with Gasteiger partial charge in [0.25, 0.3) is 5.56 Å². The number of amides is 1. The topological polar surface area (TPSA) is 116 Å². The number of benzene rings is 2. The lowest BCUT2D eigenvalue weighted by molar-refractivity contribution is -0.142. The van der Waals surface area contributed by atoms with E-state index in [1.807, 2.05) is 30.3 Å². The second kappa shape index (κ2) is 9.15. The van der Waals surface area contributed by atoms with Crippen LogP contribution in [-0.2, 0) is 9.59 Å². The predicted octanol–water partition coefficient (Wildman–Crippen LogP) is 4.74. The molecule has 0 radical (unpaired) electrons. The number of nitrogens with zero attached hydrogens (tertiary/aromatic N) is 1. The van der Waals surface area contributed by atoms with Crippen molar-refractivity contribution in [2.45, 2.75) is 18.9 Å². The van der Waals surface area contributed by atoms with Crippen molar-refractivity contribution in [3.8, 4) is 11.1 Å². The number of H-pyrrole nitrogens is 1. The number of furan rings is 1. The van der Waals surface area contributed by atoms with Crippen LogP contribution in [0.2, 0.25) is 5.02 Å². The van der Waals surface area contributed by atoms with Gasteiger partial charge in [-0.3, -0.25) is 19.8 Å². The Labute approximate surface area is 204 Å². The molecule has 4 aromatic rings. The van der Waals surface area contributed by atoms with E-state index < -0.39 is 17.9 Å². The molecule has 1 unspecified atom stereocenters. The van der Waals surface area contributed by atoms with Crippen LogP contribution in [0.25, 0.3) is 27.7 Å². The SMILES string of the molecule is O=C(O)CCC(=O)N1NC(c2c(-c3ccccc3)c3cc(Cl)ccc3[nH]c2=O)=CC1c1ccco1. The maximum absolute atomic E-state index is 13.4. The molecule has 0 aliphatic carbocycles. The van der Waals surface area contributed by atoms with E-state index in [2.05, 4.69) is 10.4 Å². The molecule has 8 nitrogen and oxygen atoms in total. The molecule has 1 aliphatic rings. The van der Waals surface area contributed by atoms with Gasteiger partial charge in [0, 0.05) is 27.9 Å². The van der Waals surface area contributed by atoms with Crippen LogP contribution in [0.3, 0.4) is 0 Å². The highest BCUT2D eigenvalue weighted by atomic mass is 35.5. The van der Waals surface area contributed by atoms with Crippen molar-refractivity contribution in [2.24, 2.45) is 0 Å². The summed E-state index contributed by atoms with van der Waals surface area (Å²) in [7, 11) is 0. The number of hydrogen-bond acceptors (Lipinski definition) is 5. The molecule has 1 atom stereocenters. The summed E-state index contributed by atoms with van der Waals surface area (Å²) >= 11 is 6.31. The minimum Gasteiger partial charge on any atom is -0.481 e. The van der Waals surface area contributed by atoms with Gasteiger partial charge in [-0.2, -0.15) is 0 Å². The number of rotatable bonds is 6. The number of carboxylic acid groups (broad SMARTS) is 1. The number of hydrazine groups is 1. The third-order valence-electron chi connectivity index (χ3n) is 5.81. The van der Waals surface area contributed by atoms with Crippen LogP contribution < -0.4 is 11.0 Å². The first kappa shape index (κ1) is 22.5. The number of aromatic amines is 1. The Morgan fingerprint density at radius 1 is 1.03 bits per heavy atom. The number of carbonyl (C=O) groups is 2. The molecule has 9 heteroatoms. The lowest BCUT2D eigenvalue weighted by atomic mass is 9.94. The third-order valence-corrected chi connectivity index (χ3v) is 6.04. The number of hydrogen-bond donors (Lipinski definition) is 3. The maximum atomic E-state index is 13.4. The Hall–Kier alpha value is -4.30. The van der Waals surface area contributed by atoms with Crippen LogP contribution in [0, 0.1) is 0 Å². The number of halogens is 1. The molecular weight excluding hydrogens is 470 g/mol. The molecule has 35 heavy (non-hydrogen) atoms. The molecule has 2 aromatic heterocycles. The second-order valence-corrected chi connectivity index (χ2v) is 8.51. The fourth-order valence-corrected chi connectivity index (χ4v) is 4.43. The predicted molar refractivity (Wildman–Crippen MR) is 131 cm³/mol. The van der Waals surface area contributed by atoms with E-state index >= 15 is 0 Å². The zero-order chi connectivity index (χ0) is 24.5. The monoisotopic (exact) mass is 489 g/mol.